The molecule has 0 aliphatic carbocycles. The van der Waals surface area contributed by atoms with Gasteiger partial charge in [0.15, 0.2) is 5.78 Å². The second kappa shape index (κ2) is 4.01. The molecule has 0 spiro atoms. The Balaban J connectivity index is 3.04. The molecule has 0 heterocycles. The van der Waals surface area contributed by atoms with Gasteiger partial charge in [-0.25, -0.2) is 4.39 Å². The van der Waals surface area contributed by atoms with Crippen LogP contribution in [-0.2, 0) is 0 Å². The molecule has 0 aromatic heterocycles. The Kier molecular flexibility index (Phi) is 3.20. The normalized spacial score (nSPS) is 10.5. The Morgan fingerprint density at radius 1 is 1.46 bits per heavy atom. The van der Waals surface area contributed by atoms with Crippen LogP contribution >= 0.6 is 15.9 Å². The van der Waals surface area contributed by atoms with Gasteiger partial charge in [0.05, 0.1) is 4.47 Å². The number of rotatable bonds is 2. The van der Waals surface area contributed by atoms with Crippen LogP contribution in [0, 0.1) is 11.7 Å². The molecule has 0 N–H and O–H groups in total. The summed E-state index contributed by atoms with van der Waals surface area (Å²) in [6, 6.07) is 4.31. The minimum Gasteiger partial charge on any atom is -0.294 e. The van der Waals surface area contributed by atoms with Gasteiger partial charge in [-0.05, 0) is 34.1 Å². The molecule has 0 atom stereocenters. The predicted molar refractivity (Wildman–Crippen MR) is 53.3 cm³/mol. The number of Topliss-reactive ketones (excluding diaryl/α,β-unsaturated/α-hetero) is 1. The van der Waals surface area contributed by atoms with Gasteiger partial charge in [-0.2, -0.15) is 0 Å². The lowest BCUT2D eigenvalue weighted by atomic mass is 10.0. The molecule has 0 aliphatic rings. The Morgan fingerprint density at radius 3 is 2.54 bits per heavy atom. The molecule has 70 valence electrons. The molecule has 0 amide bonds. The van der Waals surface area contributed by atoms with Gasteiger partial charge in [0.1, 0.15) is 5.82 Å². The van der Waals surface area contributed by atoms with E-state index in [-0.39, 0.29) is 17.5 Å². The Labute approximate surface area is 85.1 Å². The van der Waals surface area contributed by atoms with Crippen LogP contribution in [0.25, 0.3) is 0 Å². The largest absolute Gasteiger partial charge is 0.294 e. The molecule has 0 radical (unpaired) electrons. The summed E-state index contributed by atoms with van der Waals surface area (Å²) < 4.78 is 13.1. The fraction of sp³-hybridized carbons (Fsp3) is 0.300. The van der Waals surface area contributed by atoms with Gasteiger partial charge in [0, 0.05) is 11.5 Å². The summed E-state index contributed by atoms with van der Waals surface area (Å²) in [5.74, 6) is -0.377. The monoisotopic (exact) mass is 244 g/mol. The molecule has 0 unspecified atom stereocenters. The standard InChI is InChI=1S/C10H10BrFO/c1-6(2)10(13)7-3-4-9(12)8(11)5-7/h3-6H,1-2H3. The number of carbonyl (C=O) groups is 1. The molecule has 1 aromatic rings. The molecule has 1 nitrogen and oxygen atoms in total. The molecule has 1 rings (SSSR count). The van der Waals surface area contributed by atoms with Crippen molar-refractivity contribution in [2.45, 2.75) is 13.8 Å². The number of ketones is 1. The van der Waals surface area contributed by atoms with E-state index in [1.54, 1.807) is 0 Å². The summed E-state index contributed by atoms with van der Waals surface area (Å²) in [7, 11) is 0. The molecule has 0 fully saturated rings. The highest BCUT2D eigenvalue weighted by Gasteiger charge is 2.11. The zero-order valence-electron chi connectivity index (χ0n) is 7.47. The maximum atomic E-state index is 12.8. The van der Waals surface area contributed by atoms with Crippen molar-refractivity contribution in [2.75, 3.05) is 0 Å². The van der Waals surface area contributed by atoms with E-state index >= 15 is 0 Å². The number of carbonyl (C=O) groups excluding carboxylic acids is 1. The maximum Gasteiger partial charge on any atom is 0.165 e. The van der Waals surface area contributed by atoms with E-state index in [4.69, 9.17) is 0 Å². The van der Waals surface area contributed by atoms with E-state index in [1.807, 2.05) is 13.8 Å². The first-order chi connectivity index (χ1) is 6.02. The van der Waals surface area contributed by atoms with Crippen LogP contribution in [0.5, 0.6) is 0 Å². The lowest BCUT2D eigenvalue weighted by molar-refractivity contribution is 0.0939. The molecular weight excluding hydrogens is 235 g/mol. The van der Waals surface area contributed by atoms with Crippen molar-refractivity contribution < 1.29 is 9.18 Å². The van der Waals surface area contributed by atoms with E-state index in [0.717, 1.165) is 0 Å². The van der Waals surface area contributed by atoms with Crippen LogP contribution in [0.4, 0.5) is 4.39 Å². The third-order valence-corrected chi connectivity index (χ3v) is 2.34. The van der Waals surface area contributed by atoms with Crippen molar-refractivity contribution in [3.8, 4) is 0 Å². The van der Waals surface area contributed by atoms with E-state index < -0.39 is 0 Å². The highest BCUT2D eigenvalue weighted by molar-refractivity contribution is 9.10. The second-order valence-electron chi connectivity index (χ2n) is 3.15. The second-order valence-corrected chi connectivity index (χ2v) is 4.00. The third kappa shape index (κ3) is 2.37. The number of hydrogen-bond acceptors (Lipinski definition) is 1. The maximum absolute atomic E-state index is 12.8. The van der Waals surface area contributed by atoms with Crippen molar-refractivity contribution in [3.05, 3.63) is 34.1 Å². The highest BCUT2D eigenvalue weighted by Crippen LogP contribution is 2.18. The molecule has 0 saturated carbocycles. The highest BCUT2D eigenvalue weighted by atomic mass is 79.9. The number of benzene rings is 1. The summed E-state index contributed by atoms with van der Waals surface area (Å²) in [6.07, 6.45) is 0. The molecule has 0 aliphatic heterocycles. The minimum absolute atomic E-state index is 0.0284. The summed E-state index contributed by atoms with van der Waals surface area (Å²) in [6.45, 7) is 3.64. The zero-order valence-corrected chi connectivity index (χ0v) is 9.06. The van der Waals surface area contributed by atoms with Gasteiger partial charge in [0.2, 0.25) is 0 Å². The summed E-state index contributed by atoms with van der Waals surface area (Å²) >= 11 is 3.04. The van der Waals surface area contributed by atoms with Crippen LogP contribution < -0.4 is 0 Å². The summed E-state index contributed by atoms with van der Waals surface area (Å²) in [5, 5.41) is 0. The first-order valence-corrected chi connectivity index (χ1v) is 4.81. The Hall–Kier alpha value is -0.700. The first-order valence-electron chi connectivity index (χ1n) is 4.01. The van der Waals surface area contributed by atoms with Crippen LogP contribution in [0.3, 0.4) is 0 Å². The number of halogens is 2. The van der Waals surface area contributed by atoms with Gasteiger partial charge in [0.25, 0.3) is 0 Å². The first kappa shape index (κ1) is 10.4. The van der Waals surface area contributed by atoms with E-state index in [1.165, 1.54) is 18.2 Å². The van der Waals surface area contributed by atoms with E-state index in [9.17, 15) is 9.18 Å². The lowest BCUT2D eigenvalue weighted by Crippen LogP contribution is -2.07. The molecular formula is C10H10BrFO. The average Bonchev–Trinajstić information content (AvgIpc) is 2.08. The minimum atomic E-state index is -0.347. The van der Waals surface area contributed by atoms with Crippen molar-refractivity contribution in [3.63, 3.8) is 0 Å². The van der Waals surface area contributed by atoms with Crippen LogP contribution in [-0.4, -0.2) is 5.78 Å². The molecule has 0 bridgehead atoms. The van der Waals surface area contributed by atoms with Crippen LogP contribution in [0.15, 0.2) is 22.7 Å². The van der Waals surface area contributed by atoms with Gasteiger partial charge < -0.3 is 0 Å². The lowest BCUT2D eigenvalue weighted by Gasteiger charge is -2.04. The molecule has 1 aromatic carbocycles. The molecule has 3 heteroatoms. The van der Waals surface area contributed by atoms with Crippen molar-refractivity contribution in [2.24, 2.45) is 5.92 Å². The topological polar surface area (TPSA) is 17.1 Å². The van der Waals surface area contributed by atoms with Gasteiger partial charge in [-0.15, -0.1) is 0 Å². The van der Waals surface area contributed by atoms with Crippen LogP contribution in [0.1, 0.15) is 24.2 Å². The Morgan fingerprint density at radius 2 is 2.08 bits per heavy atom. The third-order valence-electron chi connectivity index (χ3n) is 1.73. The van der Waals surface area contributed by atoms with Crippen molar-refractivity contribution in [1.82, 2.24) is 0 Å². The predicted octanol–water partition coefficient (Wildman–Crippen LogP) is 3.43. The van der Waals surface area contributed by atoms with Crippen LogP contribution in [0.2, 0.25) is 0 Å². The fourth-order valence-electron chi connectivity index (χ4n) is 0.983. The fourth-order valence-corrected chi connectivity index (χ4v) is 1.36. The zero-order chi connectivity index (χ0) is 10.0. The smallest absolute Gasteiger partial charge is 0.165 e. The Bertz CT molecular complexity index is 334. The van der Waals surface area contributed by atoms with E-state index in [2.05, 4.69) is 15.9 Å². The van der Waals surface area contributed by atoms with Gasteiger partial charge >= 0.3 is 0 Å². The SMILES string of the molecule is CC(C)C(=O)c1ccc(F)c(Br)c1. The molecule has 13 heavy (non-hydrogen) atoms. The average molecular weight is 245 g/mol. The molecule has 0 saturated heterocycles. The summed E-state index contributed by atoms with van der Waals surface area (Å²) in [5.41, 5.74) is 0.545. The number of hydrogen-bond donors (Lipinski definition) is 0. The quantitative estimate of drug-likeness (QED) is 0.729. The van der Waals surface area contributed by atoms with E-state index in [0.29, 0.717) is 10.0 Å². The summed E-state index contributed by atoms with van der Waals surface area (Å²) in [4.78, 5) is 11.5. The van der Waals surface area contributed by atoms with Crippen molar-refractivity contribution in [1.29, 1.82) is 0 Å². The van der Waals surface area contributed by atoms with Gasteiger partial charge in [-0.3, -0.25) is 4.79 Å². The van der Waals surface area contributed by atoms with Crippen molar-refractivity contribution >= 4 is 21.7 Å². The van der Waals surface area contributed by atoms with Gasteiger partial charge in [-0.1, -0.05) is 13.8 Å².